The second-order valence-electron chi connectivity index (χ2n) is 6.10. The van der Waals surface area contributed by atoms with Gasteiger partial charge in [-0.2, -0.15) is 4.99 Å². The number of thioether (sulfide) groups is 1. The highest BCUT2D eigenvalue weighted by Crippen LogP contribution is 2.36. The number of amides is 1. The summed E-state index contributed by atoms with van der Waals surface area (Å²) in [6.45, 7) is 1.83. The largest absolute Gasteiger partial charge is 0.457 e. The number of carbonyl (C=O) groups excluding carboxylic acids is 1. The quantitative estimate of drug-likeness (QED) is 0.308. The fourth-order valence-electron chi connectivity index (χ4n) is 2.59. The van der Waals surface area contributed by atoms with E-state index >= 15 is 0 Å². The number of nitrogens with zero attached hydrogens (tertiary/aromatic N) is 5. The van der Waals surface area contributed by atoms with Crippen molar-refractivity contribution in [3.63, 3.8) is 0 Å². The number of aromatic nitrogens is 2. The van der Waals surface area contributed by atoms with Crippen molar-refractivity contribution < 1.29 is 14.1 Å². The first-order chi connectivity index (χ1) is 14.3. The molecule has 9 nitrogen and oxygen atoms in total. The van der Waals surface area contributed by atoms with Crippen LogP contribution in [0.3, 0.4) is 0 Å². The van der Waals surface area contributed by atoms with E-state index in [-0.39, 0.29) is 16.6 Å². The summed E-state index contributed by atoms with van der Waals surface area (Å²) in [5.41, 5.74) is 0.411. The second-order valence-corrected chi connectivity index (χ2v) is 8.67. The predicted octanol–water partition coefficient (Wildman–Crippen LogP) is 4.90. The number of carbonyl (C=O) groups is 1. The number of non-ortho nitro benzene ring substituents is 1. The Morgan fingerprint density at radius 1 is 1.30 bits per heavy atom. The van der Waals surface area contributed by atoms with Gasteiger partial charge in [-0.15, -0.1) is 10.2 Å². The van der Waals surface area contributed by atoms with Gasteiger partial charge in [0.15, 0.2) is 5.17 Å². The maximum Gasteiger partial charge on any atom is 0.270 e. The van der Waals surface area contributed by atoms with E-state index in [0.717, 1.165) is 5.01 Å². The Balaban J connectivity index is 1.59. The van der Waals surface area contributed by atoms with Crippen molar-refractivity contribution in [1.29, 1.82) is 0 Å². The summed E-state index contributed by atoms with van der Waals surface area (Å²) in [6, 6.07) is 7.52. The molecule has 0 unspecified atom stereocenters. The first kappa shape index (κ1) is 20.3. The molecule has 0 aliphatic carbocycles. The molecule has 12 heteroatoms. The molecular formula is C18H12ClN5O4S2. The molecule has 3 heterocycles. The van der Waals surface area contributed by atoms with Crippen LogP contribution in [0.15, 0.2) is 44.6 Å². The van der Waals surface area contributed by atoms with Gasteiger partial charge in [0.2, 0.25) is 5.13 Å². The van der Waals surface area contributed by atoms with Gasteiger partial charge < -0.3 is 4.42 Å². The minimum Gasteiger partial charge on any atom is -0.457 e. The topological polar surface area (TPSA) is 115 Å². The molecule has 30 heavy (non-hydrogen) atoms. The van der Waals surface area contributed by atoms with Crippen LogP contribution in [0.5, 0.6) is 0 Å². The number of hydrogen-bond acceptors (Lipinski definition) is 9. The second kappa shape index (κ2) is 8.01. The van der Waals surface area contributed by atoms with E-state index in [2.05, 4.69) is 15.2 Å². The van der Waals surface area contributed by atoms with Crippen LogP contribution in [0, 0.1) is 17.0 Å². The minimum atomic E-state index is -0.519. The van der Waals surface area contributed by atoms with Crippen LogP contribution < -0.4 is 0 Å². The Hall–Kier alpha value is -3.02. The highest BCUT2D eigenvalue weighted by atomic mass is 35.5. The average molecular weight is 462 g/mol. The Bertz CT molecular complexity index is 1230. The minimum absolute atomic E-state index is 0.105. The summed E-state index contributed by atoms with van der Waals surface area (Å²) in [5, 5.41) is 20.7. The van der Waals surface area contributed by atoms with Gasteiger partial charge in [0.1, 0.15) is 16.5 Å². The summed E-state index contributed by atoms with van der Waals surface area (Å²) in [5.74, 6) is 0.659. The summed E-state index contributed by atoms with van der Waals surface area (Å²) in [7, 11) is 1.63. The van der Waals surface area contributed by atoms with Gasteiger partial charge in [-0.05, 0) is 36.9 Å². The zero-order chi connectivity index (χ0) is 21.4. The van der Waals surface area contributed by atoms with E-state index in [1.165, 1.54) is 46.2 Å². The molecule has 0 spiro atoms. The number of halogens is 1. The molecule has 0 atom stereocenters. The molecule has 1 aliphatic rings. The summed E-state index contributed by atoms with van der Waals surface area (Å²) >= 11 is 8.70. The van der Waals surface area contributed by atoms with Crippen molar-refractivity contribution in [2.45, 2.75) is 6.92 Å². The van der Waals surface area contributed by atoms with Crippen molar-refractivity contribution in [1.82, 2.24) is 15.1 Å². The average Bonchev–Trinajstić information content (AvgIpc) is 3.39. The lowest BCUT2D eigenvalue weighted by Gasteiger charge is -2.05. The first-order valence-electron chi connectivity index (χ1n) is 8.42. The summed E-state index contributed by atoms with van der Waals surface area (Å²) in [4.78, 5) is 29.1. The lowest BCUT2D eigenvalue weighted by Crippen LogP contribution is -2.23. The Labute approximate surface area is 183 Å². The molecule has 3 aromatic rings. The smallest absolute Gasteiger partial charge is 0.270 e. The number of benzene rings is 1. The molecule has 0 N–H and O–H groups in total. The number of amidine groups is 1. The van der Waals surface area contributed by atoms with Gasteiger partial charge in [-0.1, -0.05) is 22.9 Å². The van der Waals surface area contributed by atoms with Gasteiger partial charge in [0.25, 0.3) is 11.6 Å². The maximum atomic E-state index is 12.5. The molecule has 2 aromatic heterocycles. The zero-order valence-corrected chi connectivity index (χ0v) is 17.9. The molecule has 0 bridgehead atoms. The molecular weight excluding hydrogens is 450 g/mol. The molecule has 0 saturated carbocycles. The lowest BCUT2D eigenvalue weighted by atomic mass is 10.1. The monoisotopic (exact) mass is 461 g/mol. The number of aliphatic imine (C=N–C) groups is 1. The Kier molecular flexibility index (Phi) is 5.41. The van der Waals surface area contributed by atoms with Crippen LogP contribution in [0.25, 0.3) is 17.4 Å². The summed E-state index contributed by atoms with van der Waals surface area (Å²) < 4.78 is 5.78. The lowest BCUT2D eigenvalue weighted by molar-refractivity contribution is -0.384. The number of nitro benzene ring substituents is 1. The predicted molar refractivity (Wildman–Crippen MR) is 116 cm³/mol. The van der Waals surface area contributed by atoms with Crippen LogP contribution in [-0.4, -0.2) is 38.1 Å². The number of aryl methyl sites for hydroxylation is 1. The van der Waals surface area contributed by atoms with E-state index in [4.69, 9.17) is 16.0 Å². The van der Waals surface area contributed by atoms with Crippen molar-refractivity contribution >= 4 is 62.7 Å². The third-order valence-electron chi connectivity index (χ3n) is 4.04. The SMILES string of the molecule is Cc1nnc(/N=C2/S/C(=C/c3ccc(-c4ccc([N+](=O)[O-])cc4Cl)o3)C(=O)N2C)s1. The highest BCUT2D eigenvalue weighted by Gasteiger charge is 2.31. The van der Waals surface area contributed by atoms with Crippen molar-refractivity contribution in [2.24, 2.45) is 4.99 Å². The van der Waals surface area contributed by atoms with E-state index in [0.29, 0.717) is 32.3 Å². The maximum absolute atomic E-state index is 12.5. The van der Waals surface area contributed by atoms with E-state index in [1.54, 1.807) is 25.3 Å². The molecule has 1 fully saturated rings. The highest BCUT2D eigenvalue weighted by molar-refractivity contribution is 8.18. The van der Waals surface area contributed by atoms with E-state index in [9.17, 15) is 14.9 Å². The van der Waals surface area contributed by atoms with E-state index in [1.807, 2.05) is 6.92 Å². The molecule has 152 valence electrons. The number of furan rings is 1. The van der Waals surface area contributed by atoms with Crippen LogP contribution in [0.4, 0.5) is 10.8 Å². The van der Waals surface area contributed by atoms with Crippen molar-refractivity contribution in [3.05, 3.63) is 61.1 Å². The van der Waals surface area contributed by atoms with Gasteiger partial charge in [-0.25, -0.2) is 0 Å². The normalized spacial score (nSPS) is 16.8. The Morgan fingerprint density at radius 3 is 2.77 bits per heavy atom. The third-order valence-corrected chi connectivity index (χ3v) is 6.14. The van der Waals surface area contributed by atoms with Crippen molar-refractivity contribution in [3.8, 4) is 11.3 Å². The van der Waals surface area contributed by atoms with E-state index < -0.39 is 4.92 Å². The van der Waals surface area contributed by atoms with Crippen LogP contribution in [-0.2, 0) is 4.79 Å². The molecule has 1 amide bonds. The first-order valence-corrected chi connectivity index (χ1v) is 10.4. The molecule has 1 aliphatic heterocycles. The Morgan fingerprint density at radius 2 is 2.10 bits per heavy atom. The third kappa shape index (κ3) is 3.99. The standard InChI is InChI=1S/C18H12ClN5O4S2/c1-9-21-22-17(29-9)20-18-23(2)16(25)15(30-18)8-11-4-6-14(28-11)12-5-3-10(24(26)27)7-13(12)19/h3-8H,1-2H3/b15-8+,20-18+. The van der Waals surface area contributed by atoms with Crippen LogP contribution in [0.1, 0.15) is 10.8 Å². The zero-order valence-electron chi connectivity index (χ0n) is 15.5. The number of likely N-dealkylation sites (N-methyl/N-ethyl adjacent to an activating group) is 1. The number of rotatable bonds is 4. The van der Waals surface area contributed by atoms with Crippen LogP contribution >= 0.6 is 34.7 Å². The van der Waals surface area contributed by atoms with Gasteiger partial charge in [0, 0.05) is 30.8 Å². The number of hydrogen-bond donors (Lipinski definition) is 0. The molecule has 1 saturated heterocycles. The van der Waals surface area contributed by atoms with Crippen molar-refractivity contribution in [2.75, 3.05) is 7.05 Å². The van der Waals surface area contributed by atoms with Crippen LogP contribution in [0.2, 0.25) is 5.02 Å². The van der Waals surface area contributed by atoms with Gasteiger partial charge in [0.05, 0.1) is 14.9 Å². The molecule has 4 rings (SSSR count). The number of nitro groups is 1. The fraction of sp³-hybridized carbons (Fsp3) is 0.111. The summed E-state index contributed by atoms with van der Waals surface area (Å²) in [6.07, 6.45) is 1.61. The molecule has 1 aromatic carbocycles. The van der Waals surface area contributed by atoms with Gasteiger partial charge in [-0.3, -0.25) is 19.8 Å². The fourth-order valence-corrected chi connectivity index (χ4v) is 4.42. The van der Waals surface area contributed by atoms with Gasteiger partial charge >= 0.3 is 0 Å². The molecule has 0 radical (unpaired) electrons.